The fourth-order valence-electron chi connectivity index (χ4n) is 1.13. The van der Waals surface area contributed by atoms with E-state index in [1.54, 1.807) is 0 Å². The van der Waals surface area contributed by atoms with E-state index in [0.29, 0.717) is 0 Å². The van der Waals surface area contributed by atoms with E-state index >= 15 is 0 Å². The summed E-state index contributed by atoms with van der Waals surface area (Å²) in [5.74, 6) is 0. The van der Waals surface area contributed by atoms with E-state index in [1.165, 1.54) is 5.56 Å². The van der Waals surface area contributed by atoms with Crippen molar-refractivity contribution in [3.63, 3.8) is 0 Å². The Kier molecular flexibility index (Phi) is 4.50. The molecule has 2 heteroatoms. The summed E-state index contributed by atoms with van der Waals surface area (Å²) in [6, 6.07) is 10.3. The van der Waals surface area contributed by atoms with E-state index in [4.69, 9.17) is 0 Å². The van der Waals surface area contributed by atoms with Gasteiger partial charge in [0.25, 0.3) is 0 Å². The van der Waals surface area contributed by atoms with Crippen molar-refractivity contribution in [3.05, 3.63) is 47.7 Å². The van der Waals surface area contributed by atoms with Crippen molar-refractivity contribution >= 4 is 14.3 Å². The highest BCUT2D eigenvalue weighted by Gasteiger charge is 2.05. The Morgan fingerprint density at radius 3 is 2.40 bits per heavy atom. The minimum Gasteiger partial charge on any atom is -0.288 e. The highest BCUT2D eigenvalue weighted by atomic mass is 28.3. The third-order valence-electron chi connectivity index (χ3n) is 1.90. The molecule has 0 radical (unpaired) electrons. The molecule has 0 bridgehead atoms. The normalized spacial score (nSPS) is 12.7. The third-order valence-corrected chi connectivity index (χ3v) is 3.10. The molecule has 0 spiro atoms. The summed E-state index contributed by atoms with van der Waals surface area (Å²) in [5.41, 5.74) is 3.55. The summed E-state index contributed by atoms with van der Waals surface area (Å²) >= 11 is 0. The van der Waals surface area contributed by atoms with E-state index < -0.39 is 8.07 Å². The molecule has 1 rings (SSSR count). The number of rotatable bonds is 4. The molecule has 1 nitrogen and oxygen atoms in total. The maximum Gasteiger partial charge on any atom is 0.0687 e. The molecule has 1 aromatic carbocycles. The average Bonchev–Trinajstić information content (AvgIpc) is 2.17. The molecule has 0 aromatic heterocycles. The van der Waals surface area contributed by atoms with Crippen LogP contribution in [0.5, 0.6) is 0 Å². The van der Waals surface area contributed by atoms with Crippen molar-refractivity contribution in [1.82, 2.24) is 0 Å². The van der Waals surface area contributed by atoms with Gasteiger partial charge in [-0.2, -0.15) is 0 Å². The van der Waals surface area contributed by atoms with E-state index in [-0.39, 0.29) is 0 Å². The molecular formula is C13H19NSi. The molecule has 0 atom stereocenters. The largest absolute Gasteiger partial charge is 0.288 e. The van der Waals surface area contributed by atoms with Gasteiger partial charge in [0, 0.05) is 6.21 Å². The summed E-state index contributed by atoms with van der Waals surface area (Å²) in [7, 11) is -1.06. The summed E-state index contributed by atoms with van der Waals surface area (Å²) < 4.78 is 0. The van der Waals surface area contributed by atoms with Crippen molar-refractivity contribution in [1.29, 1.82) is 0 Å². The lowest BCUT2D eigenvalue weighted by molar-refractivity contribution is 1.08. The minimum absolute atomic E-state index is 0.775. The van der Waals surface area contributed by atoms with Crippen molar-refractivity contribution in [3.8, 4) is 0 Å². The Labute approximate surface area is 93.6 Å². The Morgan fingerprint density at radius 2 is 1.80 bits per heavy atom. The van der Waals surface area contributed by atoms with Crippen LogP contribution in [0.25, 0.3) is 0 Å². The smallest absolute Gasteiger partial charge is 0.0687 e. The number of benzene rings is 1. The Morgan fingerprint density at radius 1 is 1.13 bits per heavy atom. The second kappa shape index (κ2) is 5.66. The molecule has 0 heterocycles. The lowest BCUT2D eigenvalue weighted by atomic mass is 10.2. The van der Waals surface area contributed by atoms with Crippen LogP contribution in [-0.2, 0) is 6.54 Å². The lowest BCUT2D eigenvalue weighted by Gasteiger charge is -2.06. The van der Waals surface area contributed by atoms with Crippen molar-refractivity contribution < 1.29 is 0 Å². The van der Waals surface area contributed by atoms with Crippen LogP contribution in [-0.4, -0.2) is 14.3 Å². The number of allylic oxidation sites excluding steroid dienone is 1. The Bertz CT molecular complexity index is 333. The zero-order valence-corrected chi connectivity index (χ0v) is 10.8. The minimum atomic E-state index is -1.06. The van der Waals surface area contributed by atoms with Gasteiger partial charge in [-0.05, 0) is 5.56 Å². The van der Waals surface area contributed by atoms with Crippen LogP contribution < -0.4 is 0 Å². The second-order valence-corrected chi connectivity index (χ2v) is 9.77. The molecule has 0 saturated carbocycles. The predicted octanol–water partition coefficient (Wildman–Crippen LogP) is 3.69. The Hall–Kier alpha value is -1.15. The average molecular weight is 217 g/mol. The van der Waals surface area contributed by atoms with Gasteiger partial charge in [-0.25, -0.2) is 0 Å². The van der Waals surface area contributed by atoms with Gasteiger partial charge in [0.15, 0.2) is 0 Å². The lowest BCUT2D eigenvalue weighted by Crippen LogP contribution is -2.15. The molecule has 0 aliphatic carbocycles. The van der Waals surface area contributed by atoms with Crippen molar-refractivity contribution in [2.24, 2.45) is 4.99 Å². The van der Waals surface area contributed by atoms with Crippen LogP contribution in [0.2, 0.25) is 19.6 Å². The predicted molar refractivity (Wildman–Crippen MR) is 71.1 cm³/mol. The first-order valence-corrected chi connectivity index (χ1v) is 8.87. The number of aliphatic imine (C=N–C) groups is 1. The first-order valence-electron chi connectivity index (χ1n) is 5.29. The summed E-state index contributed by atoms with van der Waals surface area (Å²) in [5, 5.41) is 0. The Balaban J connectivity index is 2.38. The quantitative estimate of drug-likeness (QED) is 0.539. The topological polar surface area (TPSA) is 12.4 Å². The second-order valence-electron chi connectivity index (χ2n) is 4.70. The molecule has 0 aliphatic heterocycles. The molecule has 0 saturated heterocycles. The molecule has 0 amide bonds. The van der Waals surface area contributed by atoms with Crippen LogP contribution in [0.3, 0.4) is 0 Å². The van der Waals surface area contributed by atoms with Crippen LogP contribution >= 0.6 is 0 Å². The standard InChI is InChI=1S/C13H19NSi/c1-15(2,3)11-7-10-14-12-13-8-5-4-6-9-13/h4-11H,12H2,1-3H3/b11-7+,14-10?. The van der Waals surface area contributed by atoms with Gasteiger partial charge in [-0.1, -0.05) is 61.7 Å². The van der Waals surface area contributed by atoms with E-state index in [2.05, 4.69) is 48.5 Å². The van der Waals surface area contributed by atoms with Crippen LogP contribution in [0.15, 0.2) is 47.1 Å². The highest BCUT2D eigenvalue weighted by Crippen LogP contribution is 2.01. The third kappa shape index (κ3) is 6.02. The van der Waals surface area contributed by atoms with E-state index in [9.17, 15) is 0 Å². The molecule has 1 aromatic rings. The molecule has 0 fully saturated rings. The zero-order chi connectivity index (χ0) is 11.1. The summed E-state index contributed by atoms with van der Waals surface area (Å²) in [4.78, 5) is 4.36. The summed E-state index contributed by atoms with van der Waals surface area (Å²) in [6.07, 6.45) is 3.99. The highest BCUT2D eigenvalue weighted by molar-refractivity contribution is 6.81. The van der Waals surface area contributed by atoms with Crippen molar-refractivity contribution in [2.45, 2.75) is 26.2 Å². The molecule has 0 N–H and O–H groups in total. The van der Waals surface area contributed by atoms with Crippen LogP contribution in [0, 0.1) is 0 Å². The first kappa shape index (κ1) is 11.9. The molecular weight excluding hydrogens is 198 g/mol. The van der Waals surface area contributed by atoms with Gasteiger partial charge in [0.2, 0.25) is 0 Å². The number of hydrogen-bond acceptors (Lipinski definition) is 1. The maximum absolute atomic E-state index is 4.36. The molecule has 80 valence electrons. The maximum atomic E-state index is 4.36. The van der Waals surface area contributed by atoms with Crippen LogP contribution in [0.4, 0.5) is 0 Å². The molecule has 0 unspecified atom stereocenters. The molecule has 15 heavy (non-hydrogen) atoms. The van der Waals surface area contributed by atoms with Gasteiger partial charge >= 0.3 is 0 Å². The van der Waals surface area contributed by atoms with Gasteiger partial charge in [-0.3, -0.25) is 4.99 Å². The van der Waals surface area contributed by atoms with E-state index in [1.807, 2.05) is 24.4 Å². The fourth-order valence-corrected chi connectivity index (χ4v) is 1.80. The van der Waals surface area contributed by atoms with E-state index in [0.717, 1.165) is 6.54 Å². The fraction of sp³-hybridized carbons (Fsp3) is 0.308. The SMILES string of the molecule is C[Si](C)(C)/C=C/C=NCc1ccccc1. The number of hydrogen-bond donors (Lipinski definition) is 0. The van der Waals surface area contributed by atoms with Gasteiger partial charge in [0.05, 0.1) is 14.6 Å². The molecule has 0 aliphatic rings. The number of nitrogens with zero attached hydrogens (tertiary/aromatic N) is 1. The summed E-state index contributed by atoms with van der Waals surface area (Å²) in [6.45, 7) is 7.72. The van der Waals surface area contributed by atoms with Gasteiger partial charge < -0.3 is 0 Å². The van der Waals surface area contributed by atoms with Crippen LogP contribution in [0.1, 0.15) is 5.56 Å². The zero-order valence-electron chi connectivity index (χ0n) is 9.77. The van der Waals surface area contributed by atoms with Crippen molar-refractivity contribution in [2.75, 3.05) is 0 Å². The monoisotopic (exact) mass is 217 g/mol. The van der Waals surface area contributed by atoms with Gasteiger partial charge in [0.1, 0.15) is 0 Å². The first-order chi connectivity index (χ1) is 7.08. The van der Waals surface area contributed by atoms with Gasteiger partial charge in [-0.15, -0.1) is 0 Å².